The van der Waals surface area contributed by atoms with Gasteiger partial charge in [-0.1, -0.05) is 20.8 Å². The van der Waals surface area contributed by atoms with Crippen molar-refractivity contribution < 1.29 is 35.9 Å². The first-order valence-electron chi connectivity index (χ1n) is 12.3. The van der Waals surface area contributed by atoms with Gasteiger partial charge in [-0.25, -0.2) is 8.42 Å². The predicted octanol–water partition coefficient (Wildman–Crippen LogP) is 4.27. The molecule has 1 saturated heterocycles. The summed E-state index contributed by atoms with van der Waals surface area (Å²) < 4.78 is 78.4. The summed E-state index contributed by atoms with van der Waals surface area (Å²) in [6, 6.07) is 4.24. The number of carbonyl (C=O) groups is 1. The van der Waals surface area contributed by atoms with Crippen LogP contribution in [-0.4, -0.2) is 54.0 Å². The van der Waals surface area contributed by atoms with Crippen LogP contribution in [0.2, 0.25) is 0 Å². The van der Waals surface area contributed by atoms with Gasteiger partial charge in [-0.05, 0) is 44.9 Å². The molecule has 0 spiro atoms. The van der Waals surface area contributed by atoms with Gasteiger partial charge in [0.1, 0.15) is 17.1 Å². The highest BCUT2D eigenvalue weighted by Gasteiger charge is 2.34. The molecule has 0 saturated carbocycles. The van der Waals surface area contributed by atoms with Crippen LogP contribution in [0.3, 0.4) is 0 Å². The molecule has 1 aliphatic rings. The van der Waals surface area contributed by atoms with Gasteiger partial charge in [-0.15, -0.1) is 0 Å². The lowest BCUT2D eigenvalue weighted by molar-refractivity contribution is -0.137. The average molecular weight is 560 g/mol. The number of benzene rings is 1. The van der Waals surface area contributed by atoms with Crippen LogP contribution in [0, 0.1) is 0 Å². The van der Waals surface area contributed by atoms with Crippen LogP contribution in [0.5, 0.6) is 5.75 Å². The van der Waals surface area contributed by atoms with Crippen LogP contribution < -0.4 is 10.2 Å². The molecule has 3 rings (SSSR count). The van der Waals surface area contributed by atoms with E-state index in [2.05, 4.69) is 4.99 Å². The Bertz CT molecular complexity index is 1360. The van der Waals surface area contributed by atoms with Crippen molar-refractivity contribution in [2.45, 2.75) is 76.4 Å². The van der Waals surface area contributed by atoms with Gasteiger partial charge >= 0.3 is 6.18 Å². The van der Waals surface area contributed by atoms with E-state index in [1.165, 1.54) is 13.8 Å². The number of nitrogens with zero attached hydrogens (tertiary/aromatic N) is 3. The van der Waals surface area contributed by atoms with Crippen molar-refractivity contribution in [1.29, 1.82) is 0 Å². The third-order valence-electron chi connectivity index (χ3n) is 6.74. The number of rotatable bonds is 7. The molecule has 1 fully saturated rings. The number of hydrogen-bond acceptors (Lipinski definition) is 5. The number of sulfone groups is 1. The second kappa shape index (κ2) is 10.5. The summed E-state index contributed by atoms with van der Waals surface area (Å²) in [5.74, 6) is -1.11. The Morgan fingerprint density at radius 1 is 1.16 bits per heavy atom. The van der Waals surface area contributed by atoms with E-state index in [0.717, 1.165) is 36.9 Å². The van der Waals surface area contributed by atoms with E-state index in [1.54, 1.807) is 10.7 Å². The summed E-state index contributed by atoms with van der Waals surface area (Å²) in [5, 5.41) is 0. The Labute approximate surface area is 221 Å². The molecular weight excluding hydrogens is 523 g/mol. The predicted molar refractivity (Wildman–Crippen MR) is 137 cm³/mol. The van der Waals surface area contributed by atoms with E-state index < -0.39 is 37.8 Å². The number of amides is 1. The van der Waals surface area contributed by atoms with Crippen molar-refractivity contribution in [3.05, 3.63) is 46.6 Å². The average Bonchev–Trinajstić information content (AvgIpc) is 3.39. The minimum Gasteiger partial charge on any atom is -0.491 e. The largest absolute Gasteiger partial charge is 0.491 e. The fourth-order valence-electron chi connectivity index (χ4n) is 4.09. The molecular formula is C26H36F3N3O5S. The number of halogens is 3. The minimum atomic E-state index is -4.70. The van der Waals surface area contributed by atoms with Crippen LogP contribution in [0.1, 0.15) is 69.1 Å². The second-order valence-electron chi connectivity index (χ2n) is 11.3. The molecule has 1 atom stereocenters. The maximum atomic E-state index is 13.5. The number of hydrogen-bond donors (Lipinski definition) is 0. The Hall–Kier alpha value is -2.60. The monoisotopic (exact) mass is 559 g/mol. The molecule has 1 aromatic carbocycles. The molecule has 1 aromatic heterocycles. The Morgan fingerprint density at radius 2 is 1.82 bits per heavy atom. The Morgan fingerprint density at radius 3 is 2.34 bits per heavy atom. The third-order valence-corrected chi connectivity index (χ3v) is 8.87. The maximum absolute atomic E-state index is 13.5. The third kappa shape index (κ3) is 6.69. The van der Waals surface area contributed by atoms with Gasteiger partial charge in [0.25, 0.3) is 5.91 Å². The highest BCUT2D eigenvalue weighted by molar-refractivity contribution is 7.92. The lowest BCUT2D eigenvalue weighted by Crippen LogP contribution is -2.37. The zero-order valence-electron chi connectivity index (χ0n) is 22.8. The standard InChI is InChI=1S/C26H36F3N3O5S/c1-24(2,3)21-14-22(32(31(21)6)15-18-9-8-12-36-18)30-23(33)19-13-17(26(27,28)29)10-11-20(19)37-16-25(4,5)38(7,34)35/h10-11,13-14,18H,8-9,12,15-16H2,1-7H3/t18-/m1/s1. The van der Waals surface area contributed by atoms with E-state index in [4.69, 9.17) is 9.47 Å². The van der Waals surface area contributed by atoms with Gasteiger partial charge in [0.05, 0.1) is 23.8 Å². The summed E-state index contributed by atoms with van der Waals surface area (Å²) >= 11 is 0. The fourth-order valence-corrected chi connectivity index (χ4v) is 4.36. The normalized spacial score (nSPS) is 17.7. The van der Waals surface area contributed by atoms with Gasteiger partial charge in [0.2, 0.25) is 0 Å². The zero-order chi connectivity index (χ0) is 28.7. The molecule has 0 aliphatic carbocycles. The second-order valence-corrected chi connectivity index (χ2v) is 14.0. The molecule has 1 amide bonds. The van der Waals surface area contributed by atoms with E-state index in [-0.39, 0.29) is 29.4 Å². The molecule has 1 aliphatic heterocycles. The maximum Gasteiger partial charge on any atom is 0.416 e. The number of alkyl halides is 3. The van der Waals surface area contributed by atoms with E-state index in [1.807, 2.05) is 32.5 Å². The molecule has 8 nitrogen and oxygen atoms in total. The number of ether oxygens (including phenoxy) is 2. The van der Waals surface area contributed by atoms with Crippen molar-refractivity contribution in [3.8, 4) is 5.75 Å². The first-order valence-corrected chi connectivity index (χ1v) is 14.2. The summed E-state index contributed by atoms with van der Waals surface area (Å²) in [6.07, 6.45) is -1.97. The highest BCUT2D eigenvalue weighted by Crippen LogP contribution is 2.33. The lowest BCUT2D eigenvalue weighted by Gasteiger charge is -2.23. The molecule has 0 bridgehead atoms. The smallest absolute Gasteiger partial charge is 0.416 e. The summed E-state index contributed by atoms with van der Waals surface area (Å²) in [4.78, 5) is 17.6. The van der Waals surface area contributed by atoms with Crippen molar-refractivity contribution >= 4 is 15.7 Å². The van der Waals surface area contributed by atoms with E-state index >= 15 is 0 Å². The van der Waals surface area contributed by atoms with Crippen molar-refractivity contribution in [1.82, 2.24) is 9.36 Å². The first-order chi connectivity index (χ1) is 17.3. The van der Waals surface area contributed by atoms with E-state index in [0.29, 0.717) is 19.2 Å². The zero-order valence-corrected chi connectivity index (χ0v) is 23.7. The van der Waals surface area contributed by atoms with Crippen molar-refractivity contribution in [3.63, 3.8) is 0 Å². The van der Waals surface area contributed by atoms with Gasteiger partial charge in [0, 0.05) is 37.1 Å². The van der Waals surface area contributed by atoms with Gasteiger partial charge < -0.3 is 9.47 Å². The van der Waals surface area contributed by atoms with Crippen LogP contribution in [0.15, 0.2) is 29.3 Å². The first kappa shape index (κ1) is 29.9. The topological polar surface area (TPSA) is 91.9 Å². The SMILES string of the molecule is Cn1c(C(C)(C)C)cc(=NC(=O)c2cc(C(F)(F)F)ccc2OCC(C)(C)S(C)(=O)=O)n1C[C@H]1CCCO1. The fraction of sp³-hybridized carbons (Fsp3) is 0.615. The highest BCUT2D eigenvalue weighted by atomic mass is 32.2. The lowest BCUT2D eigenvalue weighted by atomic mass is 9.92. The summed E-state index contributed by atoms with van der Waals surface area (Å²) in [7, 11) is -1.71. The van der Waals surface area contributed by atoms with Crippen LogP contribution in [-0.2, 0) is 39.8 Å². The molecule has 2 aromatic rings. The minimum absolute atomic E-state index is 0.0730. The quantitative estimate of drug-likeness (QED) is 0.506. The molecule has 212 valence electrons. The van der Waals surface area contributed by atoms with Gasteiger partial charge in [-0.2, -0.15) is 18.2 Å². The molecule has 38 heavy (non-hydrogen) atoms. The summed E-state index contributed by atoms with van der Waals surface area (Å²) in [5.41, 5.74) is -0.600. The Balaban J connectivity index is 2.11. The van der Waals surface area contributed by atoms with E-state index in [9.17, 15) is 26.4 Å². The Kier molecular flexibility index (Phi) is 8.29. The number of carbonyl (C=O) groups excluding carboxylic acids is 1. The van der Waals surface area contributed by atoms with Crippen LogP contribution in [0.4, 0.5) is 13.2 Å². The van der Waals surface area contributed by atoms with Gasteiger partial charge in [0.15, 0.2) is 15.3 Å². The van der Waals surface area contributed by atoms with Crippen molar-refractivity contribution in [2.75, 3.05) is 19.5 Å². The number of aromatic nitrogens is 2. The van der Waals surface area contributed by atoms with Crippen molar-refractivity contribution in [2.24, 2.45) is 12.0 Å². The molecule has 12 heteroatoms. The molecule has 0 unspecified atom stereocenters. The van der Waals surface area contributed by atoms with Crippen LogP contribution >= 0.6 is 0 Å². The summed E-state index contributed by atoms with van der Waals surface area (Å²) in [6.45, 7) is 9.59. The van der Waals surface area contributed by atoms with Gasteiger partial charge in [-0.3, -0.25) is 14.2 Å². The molecule has 0 radical (unpaired) electrons. The molecule has 2 heterocycles. The molecule has 0 N–H and O–H groups in total. The van der Waals surface area contributed by atoms with Crippen LogP contribution in [0.25, 0.3) is 0 Å².